The van der Waals surface area contributed by atoms with Gasteiger partial charge in [-0.15, -0.1) is 0 Å². The van der Waals surface area contributed by atoms with Crippen molar-refractivity contribution in [3.05, 3.63) is 54.6 Å². The van der Waals surface area contributed by atoms with Gasteiger partial charge in [-0.1, -0.05) is 23.4 Å². The second kappa shape index (κ2) is 4.41. The van der Waals surface area contributed by atoms with Crippen LogP contribution in [0.15, 0.2) is 54.2 Å². The van der Waals surface area contributed by atoms with Crippen LogP contribution in [-0.2, 0) is 0 Å². The van der Waals surface area contributed by atoms with Gasteiger partial charge in [0.15, 0.2) is 5.84 Å². The molecule has 0 bridgehead atoms. The molecule has 19 heavy (non-hydrogen) atoms. The summed E-state index contributed by atoms with van der Waals surface area (Å²) in [4.78, 5) is 8.51. The van der Waals surface area contributed by atoms with Gasteiger partial charge < -0.3 is 10.9 Å². The predicted molar refractivity (Wildman–Crippen MR) is 71.4 cm³/mol. The molecule has 0 aliphatic rings. The maximum Gasteiger partial charge on any atom is 0.170 e. The van der Waals surface area contributed by atoms with Crippen molar-refractivity contribution in [3.8, 4) is 5.82 Å². The van der Waals surface area contributed by atoms with Crippen molar-refractivity contribution < 1.29 is 5.21 Å². The van der Waals surface area contributed by atoms with E-state index in [-0.39, 0.29) is 5.84 Å². The van der Waals surface area contributed by atoms with E-state index in [9.17, 15) is 0 Å². The van der Waals surface area contributed by atoms with Crippen LogP contribution in [0.1, 0.15) is 5.56 Å². The summed E-state index contributed by atoms with van der Waals surface area (Å²) in [5.74, 6) is 0.720. The zero-order chi connectivity index (χ0) is 13.2. The highest BCUT2D eigenvalue weighted by molar-refractivity contribution is 6.08. The molecule has 2 aromatic heterocycles. The van der Waals surface area contributed by atoms with Gasteiger partial charge in [0.05, 0.1) is 5.52 Å². The van der Waals surface area contributed by atoms with E-state index in [1.54, 1.807) is 29.4 Å². The zero-order valence-corrected chi connectivity index (χ0v) is 9.93. The van der Waals surface area contributed by atoms with Crippen LogP contribution in [0.5, 0.6) is 0 Å². The van der Waals surface area contributed by atoms with Crippen molar-refractivity contribution in [2.45, 2.75) is 0 Å². The van der Waals surface area contributed by atoms with Crippen LogP contribution in [0, 0.1) is 0 Å². The van der Waals surface area contributed by atoms with Gasteiger partial charge in [-0.3, -0.25) is 4.57 Å². The number of nitrogens with zero attached hydrogens (tertiary/aromatic N) is 4. The molecule has 0 saturated heterocycles. The number of aromatic nitrogens is 3. The highest BCUT2D eigenvalue weighted by Crippen LogP contribution is 2.20. The van der Waals surface area contributed by atoms with Gasteiger partial charge in [-0.05, 0) is 12.1 Å². The maximum atomic E-state index is 8.89. The van der Waals surface area contributed by atoms with E-state index in [1.807, 2.05) is 24.3 Å². The number of nitrogens with two attached hydrogens (primary N) is 1. The molecule has 0 saturated carbocycles. The highest BCUT2D eigenvalue weighted by Gasteiger charge is 2.10. The minimum Gasteiger partial charge on any atom is -0.409 e. The van der Waals surface area contributed by atoms with Gasteiger partial charge in [0.25, 0.3) is 0 Å². The van der Waals surface area contributed by atoms with Gasteiger partial charge in [0, 0.05) is 23.3 Å². The van der Waals surface area contributed by atoms with Gasteiger partial charge in [0.1, 0.15) is 12.1 Å². The summed E-state index contributed by atoms with van der Waals surface area (Å²) in [6.45, 7) is 0. The number of hydrogen-bond acceptors (Lipinski definition) is 4. The zero-order valence-electron chi connectivity index (χ0n) is 9.93. The molecule has 0 unspecified atom stereocenters. The molecule has 0 amide bonds. The largest absolute Gasteiger partial charge is 0.409 e. The quantitative estimate of drug-likeness (QED) is 0.313. The second-order valence-electron chi connectivity index (χ2n) is 4.00. The summed E-state index contributed by atoms with van der Waals surface area (Å²) in [6.07, 6.45) is 5.10. The number of fused-ring (bicyclic) bond motifs is 1. The Morgan fingerprint density at radius 2 is 2.16 bits per heavy atom. The molecular formula is C13H11N5O. The number of hydrogen-bond donors (Lipinski definition) is 2. The number of imidazole rings is 1. The predicted octanol–water partition coefficient (Wildman–Crippen LogP) is 1.51. The second-order valence-corrected chi connectivity index (χ2v) is 4.00. The van der Waals surface area contributed by atoms with Crippen LogP contribution in [0.3, 0.4) is 0 Å². The summed E-state index contributed by atoms with van der Waals surface area (Å²) in [6, 6.07) is 9.30. The fourth-order valence-corrected chi connectivity index (χ4v) is 1.95. The van der Waals surface area contributed by atoms with Crippen molar-refractivity contribution >= 4 is 16.7 Å². The Balaban J connectivity index is 2.33. The third-order valence-electron chi connectivity index (χ3n) is 2.86. The lowest BCUT2D eigenvalue weighted by Gasteiger charge is -2.08. The molecule has 0 fully saturated rings. The number of oxime groups is 1. The van der Waals surface area contributed by atoms with Gasteiger partial charge in [-0.25, -0.2) is 9.97 Å². The molecule has 3 rings (SSSR count). The fourth-order valence-electron chi connectivity index (χ4n) is 1.95. The van der Waals surface area contributed by atoms with E-state index < -0.39 is 0 Å². The molecule has 3 N–H and O–H groups in total. The Labute approximate surface area is 108 Å². The molecule has 0 atom stereocenters. The SMILES string of the molecule is NC(=NO)c1cc(-n2ccnc2)nc2ccccc12. The summed E-state index contributed by atoms with van der Waals surface area (Å²) in [7, 11) is 0. The highest BCUT2D eigenvalue weighted by atomic mass is 16.4. The lowest BCUT2D eigenvalue weighted by atomic mass is 10.1. The number of benzene rings is 1. The molecular weight excluding hydrogens is 242 g/mol. The molecule has 1 aromatic carbocycles. The fraction of sp³-hybridized carbons (Fsp3) is 0. The molecule has 0 radical (unpaired) electrons. The molecule has 94 valence electrons. The van der Waals surface area contributed by atoms with Crippen LogP contribution in [-0.4, -0.2) is 25.6 Å². The van der Waals surface area contributed by atoms with Crippen molar-refractivity contribution in [3.63, 3.8) is 0 Å². The molecule has 2 heterocycles. The molecule has 0 aliphatic carbocycles. The molecule has 6 nitrogen and oxygen atoms in total. The average Bonchev–Trinajstić information content (AvgIpc) is 2.99. The third kappa shape index (κ3) is 1.89. The van der Waals surface area contributed by atoms with Gasteiger partial charge >= 0.3 is 0 Å². The molecule has 0 aliphatic heterocycles. The first-order chi connectivity index (χ1) is 9.29. The van der Waals surface area contributed by atoms with Crippen molar-refractivity contribution in [2.75, 3.05) is 0 Å². The van der Waals surface area contributed by atoms with E-state index in [1.165, 1.54) is 0 Å². The number of pyridine rings is 1. The Morgan fingerprint density at radius 3 is 2.89 bits per heavy atom. The lowest BCUT2D eigenvalue weighted by molar-refractivity contribution is 0.318. The van der Waals surface area contributed by atoms with Crippen molar-refractivity contribution in [1.82, 2.24) is 14.5 Å². The Kier molecular flexibility index (Phi) is 2.60. The van der Waals surface area contributed by atoms with Gasteiger partial charge in [-0.2, -0.15) is 0 Å². The van der Waals surface area contributed by atoms with Crippen LogP contribution in [0.25, 0.3) is 16.7 Å². The maximum absolute atomic E-state index is 8.89. The Hall–Kier alpha value is -2.89. The van der Waals surface area contributed by atoms with E-state index in [0.29, 0.717) is 11.4 Å². The third-order valence-corrected chi connectivity index (χ3v) is 2.86. The van der Waals surface area contributed by atoms with Crippen LogP contribution in [0.2, 0.25) is 0 Å². The number of rotatable bonds is 2. The number of para-hydroxylation sites is 1. The topological polar surface area (TPSA) is 89.3 Å². The van der Waals surface area contributed by atoms with E-state index >= 15 is 0 Å². The van der Waals surface area contributed by atoms with Gasteiger partial charge in [0.2, 0.25) is 0 Å². The summed E-state index contributed by atoms with van der Waals surface area (Å²) < 4.78 is 1.76. The van der Waals surface area contributed by atoms with E-state index in [2.05, 4.69) is 15.1 Å². The monoisotopic (exact) mass is 253 g/mol. The standard InChI is InChI=1S/C13H11N5O/c14-13(17-19)10-7-12(18-6-5-15-8-18)16-11-4-2-1-3-9(10)11/h1-8,19H,(H2,14,17). The van der Waals surface area contributed by atoms with E-state index in [0.717, 1.165) is 10.9 Å². The lowest BCUT2D eigenvalue weighted by Crippen LogP contribution is -2.14. The summed E-state index contributed by atoms with van der Waals surface area (Å²) in [5.41, 5.74) is 7.14. The average molecular weight is 253 g/mol. The first-order valence-corrected chi connectivity index (χ1v) is 5.65. The van der Waals surface area contributed by atoms with Crippen LogP contribution >= 0.6 is 0 Å². The van der Waals surface area contributed by atoms with E-state index in [4.69, 9.17) is 10.9 Å². The normalized spacial score (nSPS) is 11.9. The summed E-state index contributed by atoms with van der Waals surface area (Å²) in [5, 5.41) is 12.8. The first kappa shape index (κ1) is 11.2. The van der Waals surface area contributed by atoms with Crippen LogP contribution < -0.4 is 5.73 Å². The first-order valence-electron chi connectivity index (χ1n) is 5.65. The Morgan fingerprint density at radius 1 is 1.32 bits per heavy atom. The summed E-state index contributed by atoms with van der Waals surface area (Å²) >= 11 is 0. The van der Waals surface area contributed by atoms with Crippen molar-refractivity contribution in [2.24, 2.45) is 10.9 Å². The molecule has 3 aromatic rings. The minimum absolute atomic E-state index is 0.0555. The molecule has 6 heteroatoms. The smallest absolute Gasteiger partial charge is 0.170 e. The van der Waals surface area contributed by atoms with Crippen molar-refractivity contribution in [1.29, 1.82) is 0 Å². The number of amidine groups is 1. The minimum atomic E-state index is 0.0555. The van der Waals surface area contributed by atoms with Crippen LogP contribution in [0.4, 0.5) is 0 Å². The molecule has 0 spiro atoms. The Bertz CT molecular complexity index is 749.